The number of ketones is 1. The fraction of sp³-hybridized carbons (Fsp3) is 0.400. The summed E-state index contributed by atoms with van der Waals surface area (Å²) >= 11 is 3.06. The minimum Gasteiger partial charge on any atom is -0.294 e. The fourth-order valence-electron chi connectivity index (χ4n) is 3.73. The van der Waals surface area contributed by atoms with Gasteiger partial charge >= 0.3 is 0 Å². The molecule has 0 fully saturated rings. The third kappa shape index (κ3) is 3.58. The first kappa shape index (κ1) is 18.4. The van der Waals surface area contributed by atoms with Gasteiger partial charge in [0, 0.05) is 35.3 Å². The van der Waals surface area contributed by atoms with E-state index in [1.165, 1.54) is 11.3 Å². The molecule has 0 bridgehead atoms. The molecule has 27 heavy (non-hydrogen) atoms. The summed E-state index contributed by atoms with van der Waals surface area (Å²) < 4.78 is 0.849. The van der Waals surface area contributed by atoms with Gasteiger partial charge in [0.15, 0.2) is 10.1 Å². The minimum absolute atomic E-state index is 0.00505. The first-order valence-electron chi connectivity index (χ1n) is 9.19. The molecule has 0 N–H and O–H groups in total. The predicted molar refractivity (Wildman–Crippen MR) is 108 cm³/mol. The first-order chi connectivity index (χ1) is 13.0. The molecule has 1 aliphatic heterocycles. The number of amides is 1. The van der Waals surface area contributed by atoms with Crippen LogP contribution in [0.25, 0.3) is 0 Å². The first-order valence-corrected chi connectivity index (χ1v) is 10.9. The van der Waals surface area contributed by atoms with E-state index >= 15 is 0 Å². The van der Waals surface area contributed by atoms with Gasteiger partial charge in [-0.15, -0.1) is 10.2 Å². The molecule has 1 amide bonds. The van der Waals surface area contributed by atoms with Gasteiger partial charge in [-0.3, -0.25) is 14.5 Å². The van der Waals surface area contributed by atoms with Crippen LogP contribution in [-0.4, -0.2) is 27.1 Å². The van der Waals surface area contributed by atoms with E-state index in [1.54, 1.807) is 16.7 Å². The molecule has 1 atom stereocenters. The average molecular weight is 400 g/mol. The van der Waals surface area contributed by atoms with Gasteiger partial charge in [-0.2, -0.15) is 0 Å². The minimum atomic E-state index is -0.157. The van der Waals surface area contributed by atoms with Crippen molar-refractivity contribution in [3.05, 3.63) is 47.2 Å². The van der Waals surface area contributed by atoms with Crippen molar-refractivity contribution in [3.63, 3.8) is 0 Å². The highest BCUT2D eigenvalue weighted by atomic mass is 32.2. The van der Waals surface area contributed by atoms with Crippen molar-refractivity contribution in [2.75, 3.05) is 4.90 Å². The van der Waals surface area contributed by atoms with Crippen LogP contribution in [0.3, 0.4) is 0 Å². The van der Waals surface area contributed by atoms with Crippen LogP contribution < -0.4 is 4.90 Å². The number of Topliss-reactive ketones (excluding diaryl/α,β-unsaturated/α-hetero) is 1. The van der Waals surface area contributed by atoms with Crippen molar-refractivity contribution in [3.8, 4) is 0 Å². The summed E-state index contributed by atoms with van der Waals surface area (Å²) in [4.78, 5) is 27.6. The number of nitrogens with zero attached hydrogens (tertiary/aromatic N) is 3. The number of hydrogen-bond donors (Lipinski definition) is 0. The van der Waals surface area contributed by atoms with Gasteiger partial charge in [0.2, 0.25) is 11.0 Å². The van der Waals surface area contributed by atoms with Crippen LogP contribution in [0.1, 0.15) is 51.0 Å². The normalized spacial score (nSPS) is 20.4. The van der Waals surface area contributed by atoms with Crippen LogP contribution in [0.15, 0.2) is 45.9 Å². The van der Waals surface area contributed by atoms with Gasteiger partial charge in [0.05, 0.1) is 0 Å². The lowest BCUT2D eigenvalue weighted by atomic mass is 9.77. The van der Waals surface area contributed by atoms with Crippen molar-refractivity contribution in [1.29, 1.82) is 0 Å². The van der Waals surface area contributed by atoms with Crippen molar-refractivity contribution >= 4 is 39.9 Å². The molecule has 0 unspecified atom stereocenters. The Morgan fingerprint density at radius 1 is 1.15 bits per heavy atom. The average Bonchev–Trinajstić information content (AvgIpc) is 3.09. The zero-order chi connectivity index (χ0) is 19.0. The molecule has 7 heteroatoms. The Balaban J connectivity index is 1.77. The third-order valence-electron chi connectivity index (χ3n) is 4.80. The molecule has 5 nitrogen and oxygen atoms in total. The van der Waals surface area contributed by atoms with E-state index in [2.05, 4.69) is 24.0 Å². The molecule has 2 aliphatic rings. The van der Waals surface area contributed by atoms with Gasteiger partial charge in [-0.25, -0.2) is 0 Å². The smallest absolute Gasteiger partial charge is 0.234 e. The number of carbonyl (C=O) groups is 2. The van der Waals surface area contributed by atoms with E-state index in [1.807, 2.05) is 30.3 Å². The van der Waals surface area contributed by atoms with E-state index in [-0.39, 0.29) is 17.6 Å². The Labute approximate surface area is 166 Å². The van der Waals surface area contributed by atoms with Crippen LogP contribution in [0, 0.1) is 0 Å². The number of thioether (sulfide) groups is 1. The second kappa shape index (κ2) is 7.56. The molecular formula is C20H21N3O2S2. The largest absolute Gasteiger partial charge is 0.294 e. The lowest BCUT2D eigenvalue weighted by molar-refractivity contribution is -0.119. The van der Waals surface area contributed by atoms with Crippen molar-refractivity contribution in [2.24, 2.45) is 0 Å². The van der Waals surface area contributed by atoms with Crippen molar-refractivity contribution in [2.45, 2.75) is 55.0 Å². The third-order valence-corrected chi connectivity index (χ3v) is 6.80. The predicted octanol–water partition coefficient (Wildman–Crippen LogP) is 4.57. The molecule has 140 valence electrons. The molecule has 0 saturated carbocycles. The van der Waals surface area contributed by atoms with Crippen LogP contribution in [0.2, 0.25) is 0 Å². The maximum absolute atomic E-state index is 13.1. The van der Waals surface area contributed by atoms with E-state index in [9.17, 15) is 9.59 Å². The molecule has 1 aromatic carbocycles. The molecule has 0 spiro atoms. The van der Waals surface area contributed by atoms with E-state index in [4.69, 9.17) is 0 Å². The maximum atomic E-state index is 13.1. The van der Waals surface area contributed by atoms with Crippen molar-refractivity contribution in [1.82, 2.24) is 10.2 Å². The number of anilines is 1. The Hall–Kier alpha value is -1.99. The maximum Gasteiger partial charge on any atom is 0.234 e. The highest BCUT2D eigenvalue weighted by Crippen LogP contribution is 2.44. The Kier molecular flexibility index (Phi) is 5.14. The van der Waals surface area contributed by atoms with Gasteiger partial charge in [-0.05, 0) is 18.4 Å². The molecule has 0 saturated heterocycles. The molecule has 1 aromatic heterocycles. The van der Waals surface area contributed by atoms with Gasteiger partial charge < -0.3 is 0 Å². The van der Waals surface area contributed by atoms with Crippen molar-refractivity contribution < 1.29 is 9.59 Å². The number of rotatable bonds is 4. The number of benzene rings is 1. The highest BCUT2D eigenvalue weighted by molar-refractivity contribution is 8.01. The molecule has 4 rings (SSSR count). The van der Waals surface area contributed by atoms with E-state index < -0.39 is 0 Å². The van der Waals surface area contributed by atoms with Crippen LogP contribution >= 0.6 is 23.1 Å². The SMILES string of the molecule is CC(C)Sc1nnc(N2C(=O)C[C@@H](c3ccccc3)C3=C2CCCC3=O)s1. The molecule has 1 aliphatic carbocycles. The van der Waals surface area contributed by atoms with E-state index in [0.29, 0.717) is 23.2 Å². The van der Waals surface area contributed by atoms with Crippen LogP contribution in [0.4, 0.5) is 5.13 Å². The Morgan fingerprint density at radius 3 is 2.67 bits per heavy atom. The number of allylic oxidation sites excluding steroid dienone is 2. The lowest BCUT2D eigenvalue weighted by Gasteiger charge is -2.36. The molecule has 0 radical (unpaired) electrons. The fourth-order valence-corrected chi connectivity index (χ4v) is 5.83. The van der Waals surface area contributed by atoms with Crippen LogP contribution in [0.5, 0.6) is 0 Å². The number of carbonyl (C=O) groups excluding carboxylic acids is 2. The van der Waals surface area contributed by atoms with Crippen LogP contribution in [-0.2, 0) is 9.59 Å². The van der Waals surface area contributed by atoms with Gasteiger partial charge in [0.25, 0.3) is 0 Å². The zero-order valence-electron chi connectivity index (χ0n) is 15.3. The van der Waals surface area contributed by atoms with Gasteiger partial charge in [0.1, 0.15) is 0 Å². The zero-order valence-corrected chi connectivity index (χ0v) is 17.0. The summed E-state index contributed by atoms with van der Waals surface area (Å²) in [5.41, 5.74) is 2.65. The summed E-state index contributed by atoms with van der Waals surface area (Å²) in [6.07, 6.45) is 2.34. The summed E-state index contributed by atoms with van der Waals surface area (Å²) in [5, 5.41) is 9.47. The van der Waals surface area contributed by atoms with E-state index in [0.717, 1.165) is 34.0 Å². The molecule has 2 aromatic rings. The number of hydrogen-bond acceptors (Lipinski definition) is 6. The van der Waals surface area contributed by atoms with Gasteiger partial charge in [-0.1, -0.05) is 67.3 Å². The summed E-state index contributed by atoms with van der Waals surface area (Å²) in [7, 11) is 0. The Bertz CT molecular complexity index is 905. The second-order valence-electron chi connectivity index (χ2n) is 7.05. The summed E-state index contributed by atoms with van der Waals surface area (Å²) in [5.74, 6) is -0.00590. The second-order valence-corrected chi connectivity index (χ2v) is 9.83. The standard InChI is InChI=1S/C20H21N3O2S2/c1-12(2)26-20-22-21-19(27-20)23-15-9-6-10-16(24)18(15)14(11-17(23)25)13-7-4-3-5-8-13/h3-5,7-8,12,14H,6,9-11H2,1-2H3/t14-/m0/s1. The topological polar surface area (TPSA) is 63.2 Å². The Morgan fingerprint density at radius 2 is 1.93 bits per heavy atom. The highest BCUT2D eigenvalue weighted by Gasteiger charge is 2.40. The molecule has 2 heterocycles. The summed E-state index contributed by atoms with van der Waals surface area (Å²) in [6.45, 7) is 4.20. The monoisotopic (exact) mass is 399 g/mol. The summed E-state index contributed by atoms with van der Waals surface area (Å²) in [6, 6.07) is 9.87. The molecular weight excluding hydrogens is 378 g/mol. The lowest BCUT2D eigenvalue weighted by Crippen LogP contribution is -2.40. The quantitative estimate of drug-likeness (QED) is 0.557. The number of aromatic nitrogens is 2.